The van der Waals surface area contributed by atoms with Crippen LogP contribution < -0.4 is 5.32 Å². The Bertz CT molecular complexity index is 993. The van der Waals surface area contributed by atoms with Crippen molar-refractivity contribution in [3.63, 3.8) is 0 Å². The number of carboxylic acids is 1. The highest BCUT2D eigenvalue weighted by Crippen LogP contribution is 2.27. The van der Waals surface area contributed by atoms with E-state index in [1.165, 1.54) is 12.1 Å². The summed E-state index contributed by atoms with van der Waals surface area (Å²) in [6.45, 7) is 0. The van der Waals surface area contributed by atoms with Gasteiger partial charge < -0.3 is 15.5 Å². The first-order valence-corrected chi connectivity index (χ1v) is 8.24. The minimum atomic E-state index is -1.13. The maximum Gasteiger partial charge on any atom is 0.337 e. The molecule has 0 aromatic heterocycles. The van der Waals surface area contributed by atoms with Gasteiger partial charge >= 0.3 is 5.97 Å². The lowest BCUT2D eigenvalue weighted by molar-refractivity contribution is -0.111. The summed E-state index contributed by atoms with van der Waals surface area (Å²) in [5.74, 6) is -1.42. The summed E-state index contributed by atoms with van der Waals surface area (Å²) in [5.41, 5.74) is 2.58. The number of phenolic OH excluding ortho intramolecular Hbond substituents is 1. The number of phenols is 1. The zero-order valence-electron chi connectivity index (χ0n) is 14.3. The van der Waals surface area contributed by atoms with Crippen molar-refractivity contribution >= 4 is 23.6 Å². The second-order valence-corrected chi connectivity index (χ2v) is 5.85. The van der Waals surface area contributed by atoms with E-state index in [2.05, 4.69) is 5.32 Å². The molecule has 3 aromatic carbocycles. The van der Waals surface area contributed by atoms with Crippen molar-refractivity contribution in [1.29, 1.82) is 0 Å². The molecule has 0 saturated carbocycles. The number of nitrogens with one attached hydrogen (secondary N) is 1. The highest BCUT2D eigenvalue weighted by atomic mass is 16.4. The van der Waals surface area contributed by atoms with Crippen molar-refractivity contribution in [1.82, 2.24) is 0 Å². The fourth-order valence-corrected chi connectivity index (χ4v) is 2.58. The van der Waals surface area contributed by atoms with Crippen molar-refractivity contribution < 1.29 is 19.8 Å². The van der Waals surface area contributed by atoms with Gasteiger partial charge in [-0.05, 0) is 47.0 Å². The number of aromatic carboxylic acids is 1. The molecule has 0 atom stereocenters. The van der Waals surface area contributed by atoms with Gasteiger partial charge in [-0.1, -0.05) is 48.5 Å². The summed E-state index contributed by atoms with van der Waals surface area (Å²) in [7, 11) is 0. The monoisotopic (exact) mass is 359 g/mol. The van der Waals surface area contributed by atoms with Gasteiger partial charge in [0.25, 0.3) is 0 Å². The third kappa shape index (κ3) is 4.61. The number of hydrogen-bond acceptors (Lipinski definition) is 3. The molecule has 0 aliphatic carbocycles. The lowest BCUT2D eigenvalue weighted by atomic mass is 10.0. The van der Waals surface area contributed by atoms with E-state index in [-0.39, 0.29) is 17.0 Å². The average Bonchev–Trinajstić information content (AvgIpc) is 2.67. The number of carbonyl (C=O) groups excluding carboxylic acids is 1. The van der Waals surface area contributed by atoms with Crippen LogP contribution >= 0.6 is 0 Å². The number of amides is 1. The predicted molar refractivity (Wildman–Crippen MR) is 105 cm³/mol. The molecule has 1 amide bonds. The zero-order chi connectivity index (χ0) is 19.2. The minimum absolute atomic E-state index is 0.000936. The van der Waals surface area contributed by atoms with Crippen molar-refractivity contribution in [3.8, 4) is 16.9 Å². The van der Waals surface area contributed by atoms with Crippen LogP contribution in [-0.4, -0.2) is 22.1 Å². The molecule has 3 aromatic rings. The molecular formula is C22H17NO4. The van der Waals surface area contributed by atoms with E-state index < -0.39 is 11.9 Å². The second kappa shape index (κ2) is 8.01. The van der Waals surface area contributed by atoms with Crippen LogP contribution in [-0.2, 0) is 4.79 Å². The first-order chi connectivity index (χ1) is 13.0. The van der Waals surface area contributed by atoms with Gasteiger partial charge in [-0.2, -0.15) is 0 Å². The number of benzene rings is 3. The first kappa shape index (κ1) is 17.9. The third-order valence-electron chi connectivity index (χ3n) is 3.94. The summed E-state index contributed by atoms with van der Waals surface area (Å²) in [4.78, 5) is 23.7. The fraction of sp³-hybridized carbons (Fsp3) is 0. The van der Waals surface area contributed by atoms with E-state index in [1.54, 1.807) is 42.5 Å². The van der Waals surface area contributed by atoms with Crippen molar-refractivity contribution in [2.75, 3.05) is 5.32 Å². The summed E-state index contributed by atoms with van der Waals surface area (Å²) in [5, 5.41) is 21.4. The quantitative estimate of drug-likeness (QED) is 0.589. The smallest absolute Gasteiger partial charge is 0.337 e. The zero-order valence-corrected chi connectivity index (χ0v) is 14.3. The molecule has 0 radical (unpaired) electrons. The highest BCUT2D eigenvalue weighted by Gasteiger charge is 2.13. The van der Waals surface area contributed by atoms with E-state index in [0.29, 0.717) is 0 Å². The molecule has 5 heteroatoms. The third-order valence-corrected chi connectivity index (χ3v) is 3.94. The Kier molecular flexibility index (Phi) is 5.33. The van der Waals surface area contributed by atoms with Gasteiger partial charge in [-0.3, -0.25) is 4.79 Å². The summed E-state index contributed by atoms with van der Waals surface area (Å²) in [6, 6.07) is 20.5. The van der Waals surface area contributed by atoms with E-state index in [0.717, 1.165) is 16.7 Å². The maximum atomic E-state index is 12.2. The van der Waals surface area contributed by atoms with E-state index in [4.69, 9.17) is 0 Å². The Balaban J connectivity index is 1.87. The number of carbonyl (C=O) groups is 2. The number of rotatable bonds is 5. The standard InChI is InChI=1S/C22H17NO4/c24-18-10-7-16(8-11-18)17-9-12-19(22(26)27)20(14-17)23-21(25)13-6-15-4-2-1-3-5-15/h1-14,24H,(H,23,25)(H,26,27). The normalized spacial score (nSPS) is 10.7. The molecular weight excluding hydrogens is 342 g/mol. The van der Waals surface area contributed by atoms with E-state index >= 15 is 0 Å². The van der Waals surface area contributed by atoms with Crippen LogP contribution in [0.15, 0.2) is 78.9 Å². The largest absolute Gasteiger partial charge is 0.508 e. The first-order valence-electron chi connectivity index (χ1n) is 8.24. The van der Waals surface area contributed by atoms with Crippen molar-refractivity contribution in [2.45, 2.75) is 0 Å². The Morgan fingerprint density at radius 2 is 1.52 bits per heavy atom. The molecule has 3 rings (SSSR count). The van der Waals surface area contributed by atoms with Crippen LogP contribution in [0.4, 0.5) is 5.69 Å². The Morgan fingerprint density at radius 1 is 0.852 bits per heavy atom. The SMILES string of the molecule is O=C(C=Cc1ccccc1)Nc1cc(-c2ccc(O)cc2)ccc1C(=O)O. The van der Waals surface area contributed by atoms with Gasteiger partial charge in [0.15, 0.2) is 0 Å². The van der Waals surface area contributed by atoms with Crippen LogP contribution in [0.25, 0.3) is 17.2 Å². The lowest BCUT2D eigenvalue weighted by Crippen LogP contribution is -2.12. The minimum Gasteiger partial charge on any atom is -0.508 e. The highest BCUT2D eigenvalue weighted by molar-refractivity contribution is 6.06. The molecule has 0 aliphatic rings. The van der Waals surface area contributed by atoms with Crippen LogP contribution in [0.1, 0.15) is 15.9 Å². The second-order valence-electron chi connectivity index (χ2n) is 5.85. The Labute approximate surface area is 156 Å². The number of aromatic hydroxyl groups is 1. The molecule has 0 bridgehead atoms. The summed E-state index contributed by atoms with van der Waals surface area (Å²) in [6.07, 6.45) is 3.01. The average molecular weight is 359 g/mol. The Morgan fingerprint density at radius 3 is 2.19 bits per heavy atom. The molecule has 0 saturated heterocycles. The molecule has 0 spiro atoms. The van der Waals surface area contributed by atoms with Gasteiger partial charge in [-0.15, -0.1) is 0 Å². The van der Waals surface area contributed by atoms with Crippen LogP contribution in [0.2, 0.25) is 0 Å². The summed E-state index contributed by atoms with van der Waals surface area (Å²) >= 11 is 0. The van der Waals surface area contributed by atoms with Gasteiger partial charge in [0.05, 0.1) is 11.3 Å². The predicted octanol–water partition coefficient (Wildman–Crippen LogP) is 4.41. The topological polar surface area (TPSA) is 86.6 Å². The van der Waals surface area contributed by atoms with Crippen LogP contribution in [0, 0.1) is 0 Å². The van der Waals surface area contributed by atoms with Gasteiger partial charge in [0, 0.05) is 6.08 Å². The van der Waals surface area contributed by atoms with Crippen molar-refractivity contribution in [2.24, 2.45) is 0 Å². The summed E-state index contributed by atoms with van der Waals surface area (Å²) < 4.78 is 0. The van der Waals surface area contributed by atoms with Crippen molar-refractivity contribution in [3.05, 3.63) is 90.0 Å². The molecule has 0 fully saturated rings. The molecule has 0 aliphatic heterocycles. The molecule has 0 heterocycles. The van der Waals surface area contributed by atoms with Crippen LogP contribution in [0.5, 0.6) is 5.75 Å². The molecule has 3 N–H and O–H groups in total. The fourth-order valence-electron chi connectivity index (χ4n) is 2.58. The Hall–Kier alpha value is -3.86. The molecule has 5 nitrogen and oxygen atoms in total. The van der Waals surface area contributed by atoms with Gasteiger partial charge in [0.2, 0.25) is 5.91 Å². The number of carboxylic acid groups (broad SMARTS) is 1. The number of hydrogen-bond donors (Lipinski definition) is 3. The molecule has 0 unspecified atom stereocenters. The van der Waals surface area contributed by atoms with Crippen LogP contribution in [0.3, 0.4) is 0 Å². The number of anilines is 1. The van der Waals surface area contributed by atoms with E-state index in [1.807, 2.05) is 30.3 Å². The maximum absolute atomic E-state index is 12.2. The van der Waals surface area contributed by atoms with Gasteiger partial charge in [-0.25, -0.2) is 4.79 Å². The van der Waals surface area contributed by atoms with Gasteiger partial charge in [0.1, 0.15) is 5.75 Å². The van der Waals surface area contributed by atoms with E-state index in [9.17, 15) is 19.8 Å². The molecule has 134 valence electrons. The molecule has 27 heavy (non-hydrogen) atoms. The lowest BCUT2D eigenvalue weighted by Gasteiger charge is -2.10.